The van der Waals surface area contributed by atoms with E-state index < -0.39 is 0 Å². The zero-order chi connectivity index (χ0) is 12.5. The van der Waals surface area contributed by atoms with Gasteiger partial charge in [-0.1, -0.05) is 0 Å². The van der Waals surface area contributed by atoms with Crippen molar-refractivity contribution in [1.29, 1.82) is 0 Å². The Morgan fingerprint density at radius 2 is 2.29 bits per heavy atom. The lowest BCUT2D eigenvalue weighted by molar-refractivity contribution is -0.126. The number of hydrogen-bond acceptors (Lipinski definition) is 5. The molecule has 1 saturated heterocycles. The second kappa shape index (κ2) is 7.99. The van der Waals surface area contributed by atoms with Gasteiger partial charge in [0.1, 0.15) is 6.04 Å². The highest BCUT2D eigenvalue weighted by atomic mass is 16.5. The summed E-state index contributed by atoms with van der Waals surface area (Å²) in [6.07, 6.45) is 0. The molecule has 1 rings (SSSR count). The van der Waals surface area contributed by atoms with Crippen LogP contribution in [0.2, 0.25) is 0 Å². The monoisotopic (exact) mass is 245 g/mol. The first-order valence-corrected chi connectivity index (χ1v) is 5.58. The molecule has 1 unspecified atom stereocenters. The summed E-state index contributed by atoms with van der Waals surface area (Å²) in [7, 11) is 1.61. The average Bonchev–Trinajstić information content (AvgIpc) is 2.34. The second-order valence-corrected chi connectivity index (χ2v) is 3.63. The van der Waals surface area contributed by atoms with Gasteiger partial charge in [0.2, 0.25) is 11.8 Å². The molecule has 17 heavy (non-hydrogen) atoms. The van der Waals surface area contributed by atoms with Crippen molar-refractivity contribution in [2.45, 2.75) is 6.04 Å². The SMILES string of the molecule is COCCOCCNC(=O)C1CNC(=O)CN1. The molecule has 0 aromatic heterocycles. The fourth-order valence-electron chi connectivity index (χ4n) is 1.37. The molecule has 1 aliphatic rings. The standard InChI is InChI=1S/C10H19N3O4/c1-16-4-5-17-3-2-11-10(15)8-6-13-9(14)7-12-8/h8,12H,2-7H2,1H3,(H,11,15)(H,13,14). The maximum atomic E-state index is 11.6. The smallest absolute Gasteiger partial charge is 0.239 e. The predicted octanol–water partition coefficient (Wildman–Crippen LogP) is -2.15. The number of rotatable bonds is 7. The van der Waals surface area contributed by atoms with E-state index in [1.165, 1.54) is 0 Å². The quantitative estimate of drug-likeness (QED) is 0.445. The van der Waals surface area contributed by atoms with Crippen molar-refractivity contribution in [2.75, 3.05) is 46.6 Å². The van der Waals surface area contributed by atoms with Crippen LogP contribution in [0.1, 0.15) is 0 Å². The number of methoxy groups -OCH3 is 1. The van der Waals surface area contributed by atoms with Crippen LogP contribution in [-0.2, 0) is 19.1 Å². The summed E-state index contributed by atoms with van der Waals surface area (Å²) < 4.78 is 10.0. The Labute approximate surface area is 100 Å². The van der Waals surface area contributed by atoms with Crippen LogP contribution in [0, 0.1) is 0 Å². The Kier molecular flexibility index (Phi) is 6.53. The van der Waals surface area contributed by atoms with Crippen LogP contribution in [0.4, 0.5) is 0 Å². The van der Waals surface area contributed by atoms with Gasteiger partial charge in [-0.15, -0.1) is 0 Å². The normalized spacial score (nSPS) is 19.8. The zero-order valence-corrected chi connectivity index (χ0v) is 9.95. The Hall–Kier alpha value is -1.18. The van der Waals surface area contributed by atoms with Gasteiger partial charge in [0.05, 0.1) is 26.4 Å². The number of hydrogen-bond donors (Lipinski definition) is 3. The molecule has 0 bridgehead atoms. The van der Waals surface area contributed by atoms with Gasteiger partial charge in [0.15, 0.2) is 0 Å². The molecule has 1 fully saturated rings. The zero-order valence-electron chi connectivity index (χ0n) is 9.95. The molecule has 0 aliphatic carbocycles. The van der Waals surface area contributed by atoms with Gasteiger partial charge in [0.25, 0.3) is 0 Å². The van der Waals surface area contributed by atoms with Crippen molar-refractivity contribution in [3.05, 3.63) is 0 Å². The van der Waals surface area contributed by atoms with Crippen LogP contribution < -0.4 is 16.0 Å². The Balaban J connectivity index is 2.03. The van der Waals surface area contributed by atoms with Crippen molar-refractivity contribution < 1.29 is 19.1 Å². The predicted molar refractivity (Wildman–Crippen MR) is 60.5 cm³/mol. The van der Waals surface area contributed by atoms with Crippen LogP contribution in [0.15, 0.2) is 0 Å². The van der Waals surface area contributed by atoms with E-state index >= 15 is 0 Å². The maximum Gasteiger partial charge on any atom is 0.239 e. The van der Waals surface area contributed by atoms with Gasteiger partial charge in [-0.2, -0.15) is 0 Å². The van der Waals surface area contributed by atoms with E-state index in [0.29, 0.717) is 32.9 Å². The molecular weight excluding hydrogens is 226 g/mol. The third kappa shape index (κ3) is 5.62. The largest absolute Gasteiger partial charge is 0.382 e. The first kappa shape index (κ1) is 13.9. The van der Waals surface area contributed by atoms with Crippen LogP contribution >= 0.6 is 0 Å². The number of nitrogens with one attached hydrogen (secondary N) is 3. The topological polar surface area (TPSA) is 88.7 Å². The molecule has 2 amide bonds. The van der Waals surface area contributed by atoms with Crippen molar-refractivity contribution >= 4 is 11.8 Å². The Morgan fingerprint density at radius 1 is 1.47 bits per heavy atom. The highest BCUT2D eigenvalue weighted by Gasteiger charge is 2.22. The first-order chi connectivity index (χ1) is 8.24. The van der Waals surface area contributed by atoms with Crippen LogP contribution in [0.5, 0.6) is 0 Å². The van der Waals surface area contributed by atoms with Crippen LogP contribution in [-0.4, -0.2) is 64.4 Å². The minimum atomic E-state index is -0.355. The third-order valence-electron chi connectivity index (χ3n) is 2.31. The van der Waals surface area contributed by atoms with E-state index in [1.54, 1.807) is 7.11 Å². The molecule has 0 aromatic rings. The van der Waals surface area contributed by atoms with Gasteiger partial charge in [-0.25, -0.2) is 0 Å². The fraction of sp³-hybridized carbons (Fsp3) is 0.800. The number of ether oxygens (including phenoxy) is 2. The molecule has 0 aromatic carbocycles. The highest BCUT2D eigenvalue weighted by molar-refractivity contribution is 5.86. The second-order valence-electron chi connectivity index (χ2n) is 3.63. The summed E-state index contributed by atoms with van der Waals surface area (Å²) in [5.41, 5.74) is 0. The first-order valence-electron chi connectivity index (χ1n) is 5.58. The number of carbonyl (C=O) groups is 2. The van der Waals surface area contributed by atoms with Crippen molar-refractivity contribution in [3.8, 4) is 0 Å². The molecule has 3 N–H and O–H groups in total. The minimum Gasteiger partial charge on any atom is -0.382 e. The fourth-order valence-corrected chi connectivity index (χ4v) is 1.37. The summed E-state index contributed by atoms with van der Waals surface area (Å²) >= 11 is 0. The van der Waals surface area contributed by atoms with Gasteiger partial charge in [-0.3, -0.25) is 14.9 Å². The number of piperazine rings is 1. The van der Waals surface area contributed by atoms with Crippen molar-refractivity contribution in [3.63, 3.8) is 0 Å². The van der Waals surface area contributed by atoms with Gasteiger partial charge in [-0.05, 0) is 0 Å². The minimum absolute atomic E-state index is 0.0862. The van der Waals surface area contributed by atoms with Gasteiger partial charge >= 0.3 is 0 Å². The molecule has 7 nitrogen and oxygen atoms in total. The molecule has 1 atom stereocenters. The molecule has 1 aliphatic heterocycles. The summed E-state index contributed by atoms with van der Waals surface area (Å²) in [4.78, 5) is 22.4. The van der Waals surface area contributed by atoms with E-state index in [1.807, 2.05) is 0 Å². The lowest BCUT2D eigenvalue weighted by Gasteiger charge is -2.23. The molecule has 1 heterocycles. The van der Waals surface area contributed by atoms with Crippen molar-refractivity contribution in [1.82, 2.24) is 16.0 Å². The van der Waals surface area contributed by atoms with Gasteiger partial charge < -0.3 is 20.1 Å². The van der Waals surface area contributed by atoms with E-state index in [0.717, 1.165) is 0 Å². The maximum absolute atomic E-state index is 11.6. The molecule has 0 spiro atoms. The van der Waals surface area contributed by atoms with E-state index in [4.69, 9.17) is 9.47 Å². The highest BCUT2D eigenvalue weighted by Crippen LogP contribution is 1.88. The third-order valence-corrected chi connectivity index (χ3v) is 2.31. The summed E-state index contributed by atoms with van der Waals surface area (Å²) in [6.45, 7) is 2.48. The average molecular weight is 245 g/mol. The van der Waals surface area contributed by atoms with E-state index in [2.05, 4.69) is 16.0 Å². The van der Waals surface area contributed by atoms with E-state index in [-0.39, 0.29) is 24.4 Å². The number of amides is 2. The summed E-state index contributed by atoms with van der Waals surface area (Å²) in [5.74, 6) is -0.211. The van der Waals surface area contributed by atoms with E-state index in [9.17, 15) is 9.59 Å². The summed E-state index contributed by atoms with van der Waals surface area (Å²) in [6, 6.07) is -0.355. The van der Waals surface area contributed by atoms with Gasteiger partial charge in [0, 0.05) is 20.2 Å². The Bertz CT molecular complexity index is 250. The summed E-state index contributed by atoms with van der Waals surface area (Å²) in [5, 5.41) is 8.19. The molecular formula is C10H19N3O4. The lowest BCUT2D eigenvalue weighted by Crippen LogP contribution is -2.58. The van der Waals surface area contributed by atoms with Crippen LogP contribution in [0.25, 0.3) is 0 Å². The van der Waals surface area contributed by atoms with Crippen molar-refractivity contribution in [2.24, 2.45) is 0 Å². The lowest BCUT2D eigenvalue weighted by atomic mass is 10.2. The van der Waals surface area contributed by atoms with Crippen LogP contribution in [0.3, 0.4) is 0 Å². The number of carbonyl (C=O) groups excluding carboxylic acids is 2. The molecule has 7 heteroatoms. The molecule has 0 radical (unpaired) electrons. The Morgan fingerprint density at radius 3 is 2.94 bits per heavy atom. The molecule has 98 valence electrons. The molecule has 0 saturated carbocycles.